The highest BCUT2D eigenvalue weighted by Gasteiger charge is 2.33. The lowest BCUT2D eigenvalue weighted by atomic mass is 9.77. The molecule has 1 aliphatic heterocycles. The maximum atomic E-state index is 7.05. The van der Waals surface area contributed by atoms with Gasteiger partial charge in [0.05, 0.1) is 22.4 Å². The molecule has 68 heavy (non-hydrogen) atoms. The Morgan fingerprint density at radius 2 is 1.12 bits per heavy atom. The number of pyridine rings is 1. The van der Waals surface area contributed by atoms with Crippen molar-refractivity contribution >= 4 is 44.6 Å². The molecule has 0 spiro atoms. The van der Waals surface area contributed by atoms with Crippen LogP contribution in [0.15, 0.2) is 176 Å². The summed E-state index contributed by atoms with van der Waals surface area (Å²) in [7, 11) is 0. The largest absolute Gasteiger partial charge is 0.457 e. The van der Waals surface area contributed by atoms with Crippen molar-refractivity contribution < 1.29 is 4.74 Å². The van der Waals surface area contributed by atoms with Gasteiger partial charge in [-0.3, -0.25) is 4.57 Å². The van der Waals surface area contributed by atoms with Crippen LogP contribution < -0.4 is 14.5 Å². The van der Waals surface area contributed by atoms with Gasteiger partial charge in [0.25, 0.3) is 0 Å². The summed E-state index contributed by atoms with van der Waals surface area (Å²) in [6.45, 7) is 25.8. The van der Waals surface area contributed by atoms with Crippen LogP contribution in [-0.2, 0) is 21.7 Å². The lowest BCUT2D eigenvalue weighted by molar-refractivity contribution is 0.480. The maximum Gasteiger partial charge on any atom is 0.137 e. The van der Waals surface area contributed by atoms with Gasteiger partial charge in [-0.25, -0.2) is 4.98 Å². The van der Waals surface area contributed by atoms with E-state index >= 15 is 0 Å². The molecule has 0 amide bonds. The van der Waals surface area contributed by atoms with E-state index < -0.39 is 0 Å². The Morgan fingerprint density at radius 3 is 1.84 bits per heavy atom. The molecule has 10 rings (SSSR count). The van der Waals surface area contributed by atoms with Crippen LogP contribution in [0.4, 0.5) is 22.7 Å². The molecule has 0 fully saturated rings. The minimum absolute atomic E-state index is 0.0259. The molecule has 3 heterocycles. The van der Waals surface area contributed by atoms with Crippen molar-refractivity contribution in [3.8, 4) is 28.4 Å². The predicted molar refractivity (Wildman–Crippen MR) is 287 cm³/mol. The molecule has 9 aromatic rings. The van der Waals surface area contributed by atoms with E-state index in [2.05, 4.69) is 260 Å². The Morgan fingerprint density at radius 1 is 0.441 bits per heavy atom. The van der Waals surface area contributed by atoms with E-state index in [1.54, 1.807) is 0 Å². The molecule has 0 saturated heterocycles. The van der Waals surface area contributed by atoms with Gasteiger partial charge in [-0.1, -0.05) is 173 Å². The van der Waals surface area contributed by atoms with Crippen LogP contribution in [0.25, 0.3) is 38.8 Å². The SMILES string of the molecule is CC(C)(C)c1ccnc(-n2c3ccccc3c3c(C(C)(C)C)cc(Oc4cccc(N5CN(c6cc(-c7ccccc7)cc(C(C)(C)c7ccccc7)c6)c6ccc(C(C)(C)C)cc65)c4)cc32)c1. The quantitative estimate of drug-likeness (QED) is 0.152. The third kappa shape index (κ3) is 8.23. The number of benzene rings is 7. The number of rotatable bonds is 8. The highest BCUT2D eigenvalue weighted by Crippen LogP contribution is 2.49. The summed E-state index contributed by atoms with van der Waals surface area (Å²) in [6, 6.07) is 62.0. The number of ether oxygens (including phenoxy) is 1. The minimum Gasteiger partial charge on any atom is -0.457 e. The zero-order valence-corrected chi connectivity index (χ0v) is 41.6. The third-order valence-corrected chi connectivity index (χ3v) is 14.0. The Balaban J connectivity index is 1.08. The van der Waals surface area contributed by atoms with Crippen molar-refractivity contribution in [3.05, 3.63) is 204 Å². The molecule has 5 nitrogen and oxygen atoms in total. The first-order valence-electron chi connectivity index (χ1n) is 24.1. The van der Waals surface area contributed by atoms with E-state index in [0.29, 0.717) is 6.67 Å². The lowest BCUT2D eigenvalue weighted by Gasteiger charge is -2.29. The number of para-hydroxylation sites is 1. The zero-order chi connectivity index (χ0) is 47.8. The van der Waals surface area contributed by atoms with Gasteiger partial charge >= 0.3 is 0 Å². The van der Waals surface area contributed by atoms with Crippen LogP contribution >= 0.6 is 0 Å². The number of aromatic nitrogens is 2. The Bertz CT molecular complexity index is 3320. The first-order valence-corrected chi connectivity index (χ1v) is 24.1. The monoisotopic (exact) mass is 893 g/mol. The molecule has 342 valence electrons. The third-order valence-electron chi connectivity index (χ3n) is 14.0. The fraction of sp³-hybridized carbons (Fsp3) is 0.254. The highest BCUT2D eigenvalue weighted by molar-refractivity contribution is 6.11. The zero-order valence-electron chi connectivity index (χ0n) is 41.6. The number of nitrogens with zero attached hydrogens (tertiary/aromatic N) is 4. The highest BCUT2D eigenvalue weighted by atomic mass is 16.5. The second-order valence-electron chi connectivity index (χ2n) is 22.3. The van der Waals surface area contributed by atoms with Crippen LogP contribution in [0.2, 0.25) is 0 Å². The van der Waals surface area contributed by atoms with Crippen molar-refractivity contribution in [3.63, 3.8) is 0 Å². The van der Waals surface area contributed by atoms with Gasteiger partial charge in [0, 0.05) is 45.9 Å². The number of hydrogen-bond acceptors (Lipinski definition) is 4. The molecule has 0 N–H and O–H groups in total. The minimum atomic E-state index is -0.234. The van der Waals surface area contributed by atoms with Crippen LogP contribution in [0.1, 0.15) is 104 Å². The molecular weight excluding hydrogens is 829 g/mol. The summed E-state index contributed by atoms with van der Waals surface area (Å²) in [5.41, 5.74) is 15.0. The van der Waals surface area contributed by atoms with E-state index in [4.69, 9.17) is 9.72 Å². The average Bonchev–Trinajstić information content (AvgIpc) is 3.87. The van der Waals surface area contributed by atoms with Crippen molar-refractivity contribution in [1.82, 2.24) is 9.55 Å². The number of hydrogen-bond donors (Lipinski definition) is 0. The van der Waals surface area contributed by atoms with Gasteiger partial charge in [-0.05, 0) is 116 Å². The van der Waals surface area contributed by atoms with Gasteiger partial charge in [0.2, 0.25) is 0 Å². The normalized spacial score (nSPS) is 13.4. The molecule has 0 bridgehead atoms. The number of anilines is 4. The second-order valence-corrected chi connectivity index (χ2v) is 22.3. The van der Waals surface area contributed by atoms with Crippen molar-refractivity contribution in [2.24, 2.45) is 0 Å². The first-order chi connectivity index (χ1) is 32.3. The summed E-state index contributed by atoms with van der Waals surface area (Å²) < 4.78 is 9.37. The summed E-state index contributed by atoms with van der Waals surface area (Å²) in [4.78, 5) is 9.92. The Labute approximate surface area is 403 Å². The fourth-order valence-corrected chi connectivity index (χ4v) is 9.94. The van der Waals surface area contributed by atoms with E-state index in [1.165, 1.54) is 61.1 Å². The molecule has 0 atom stereocenters. The van der Waals surface area contributed by atoms with Crippen LogP contribution in [0, 0.1) is 0 Å². The van der Waals surface area contributed by atoms with Crippen molar-refractivity contribution in [1.29, 1.82) is 0 Å². The molecule has 1 aliphatic rings. The van der Waals surface area contributed by atoms with Gasteiger partial charge in [-0.2, -0.15) is 0 Å². The number of fused-ring (bicyclic) bond motifs is 4. The van der Waals surface area contributed by atoms with E-state index in [0.717, 1.165) is 39.7 Å². The summed E-state index contributed by atoms with van der Waals surface area (Å²) in [6.07, 6.45) is 1.94. The van der Waals surface area contributed by atoms with Crippen LogP contribution in [0.5, 0.6) is 11.5 Å². The smallest absolute Gasteiger partial charge is 0.137 e. The van der Waals surface area contributed by atoms with Gasteiger partial charge in [-0.15, -0.1) is 0 Å². The second kappa shape index (κ2) is 16.6. The van der Waals surface area contributed by atoms with E-state index in [-0.39, 0.29) is 21.7 Å². The molecule has 0 saturated carbocycles. The fourth-order valence-electron chi connectivity index (χ4n) is 9.94. The molecular formula is C63H64N4O. The van der Waals surface area contributed by atoms with Gasteiger partial charge in [0.15, 0.2) is 0 Å². The average molecular weight is 893 g/mol. The Hall–Kier alpha value is -7.11. The predicted octanol–water partition coefficient (Wildman–Crippen LogP) is 17.1. The van der Waals surface area contributed by atoms with Crippen LogP contribution in [-0.4, -0.2) is 16.2 Å². The molecule has 0 unspecified atom stereocenters. The summed E-state index contributed by atoms with van der Waals surface area (Å²) >= 11 is 0. The molecule has 7 aromatic carbocycles. The summed E-state index contributed by atoms with van der Waals surface area (Å²) in [5.74, 6) is 2.47. The van der Waals surface area contributed by atoms with Crippen molar-refractivity contribution in [2.75, 3.05) is 16.5 Å². The topological polar surface area (TPSA) is 33.5 Å². The van der Waals surface area contributed by atoms with Gasteiger partial charge in [0.1, 0.15) is 24.0 Å². The lowest BCUT2D eigenvalue weighted by Crippen LogP contribution is -2.25. The first kappa shape index (κ1) is 44.7. The van der Waals surface area contributed by atoms with Crippen LogP contribution in [0.3, 0.4) is 0 Å². The molecule has 0 radical (unpaired) electrons. The Kier molecular flexibility index (Phi) is 10.9. The summed E-state index contributed by atoms with van der Waals surface area (Å²) in [5, 5.41) is 2.44. The molecule has 5 heteroatoms. The molecule has 0 aliphatic carbocycles. The van der Waals surface area contributed by atoms with E-state index in [9.17, 15) is 0 Å². The van der Waals surface area contributed by atoms with Gasteiger partial charge < -0.3 is 14.5 Å². The maximum absolute atomic E-state index is 7.05. The van der Waals surface area contributed by atoms with Crippen molar-refractivity contribution in [2.45, 2.75) is 97.8 Å². The molecule has 2 aromatic heterocycles. The standard InChI is InChI=1S/C63H64N4O/c1-60(2,3)45-29-30-55-56(36-45)65(41-66(55)49-34-43(42-21-14-12-15-22-42)33-47(35-49)63(10,11)44-23-16-13-17-24-44)48-25-20-26-50(38-48)68-51-39-53(62(7,8)9)59-52-27-18-19-28-54(52)67(57(59)40-51)58-37-46(31-32-64-58)61(4,5)6/h12-40H,41H2,1-11H3. The van der Waals surface area contributed by atoms with E-state index in [1.807, 2.05) is 6.20 Å².